The van der Waals surface area contributed by atoms with Crippen LogP contribution in [-0.4, -0.2) is 36.9 Å². The van der Waals surface area contributed by atoms with E-state index in [2.05, 4.69) is 27.3 Å². The zero-order valence-electron chi connectivity index (χ0n) is 11.7. The number of benzene rings is 1. The molecule has 2 heterocycles. The van der Waals surface area contributed by atoms with Crippen molar-refractivity contribution in [2.45, 2.75) is 30.9 Å². The monoisotopic (exact) mass is 357 g/mol. The van der Waals surface area contributed by atoms with Gasteiger partial charge < -0.3 is 14.8 Å². The number of hydrogen-bond donors (Lipinski definition) is 1. The third-order valence-corrected chi connectivity index (χ3v) is 6.01. The summed E-state index contributed by atoms with van der Waals surface area (Å²) in [6.07, 6.45) is 3.36. The fraction of sp³-hybridized carbons (Fsp3) is 0.600. The van der Waals surface area contributed by atoms with Gasteiger partial charge in [-0.1, -0.05) is 0 Å². The highest BCUT2D eigenvalue weighted by molar-refractivity contribution is 9.10. The molecule has 2 unspecified atom stereocenters. The second-order valence-corrected chi connectivity index (χ2v) is 7.47. The van der Waals surface area contributed by atoms with Gasteiger partial charge in [-0.2, -0.15) is 11.8 Å². The molecule has 0 aliphatic carbocycles. The number of nitrogens with one attached hydrogen (secondary N) is 1. The lowest BCUT2D eigenvalue weighted by molar-refractivity contribution is -0.0628. The fourth-order valence-electron chi connectivity index (χ4n) is 2.98. The first-order chi connectivity index (χ1) is 9.71. The molecule has 1 N–H and O–H groups in total. The molecule has 1 aromatic carbocycles. The standard InChI is InChI=1S/C15H20BrNO2S/c1-18-12-2-3-13(16)14(8-12)17-11-4-6-19-15(9-11)5-7-20-10-15/h2-3,8,11,17H,4-7,9-10H2,1H3. The quantitative estimate of drug-likeness (QED) is 0.887. The minimum atomic E-state index is 0.117. The van der Waals surface area contributed by atoms with E-state index in [4.69, 9.17) is 9.47 Å². The number of methoxy groups -OCH3 is 1. The van der Waals surface area contributed by atoms with Crippen LogP contribution in [0.5, 0.6) is 5.75 Å². The van der Waals surface area contributed by atoms with Crippen molar-refractivity contribution in [2.75, 3.05) is 30.5 Å². The van der Waals surface area contributed by atoms with Crippen LogP contribution in [0.15, 0.2) is 22.7 Å². The zero-order chi connectivity index (χ0) is 14.0. The van der Waals surface area contributed by atoms with E-state index in [1.807, 2.05) is 23.9 Å². The summed E-state index contributed by atoms with van der Waals surface area (Å²) in [4.78, 5) is 0. The Morgan fingerprint density at radius 3 is 3.15 bits per heavy atom. The van der Waals surface area contributed by atoms with Gasteiger partial charge in [0.1, 0.15) is 5.75 Å². The summed E-state index contributed by atoms with van der Waals surface area (Å²) in [5, 5.41) is 3.66. The van der Waals surface area contributed by atoms with Crippen molar-refractivity contribution in [1.82, 2.24) is 0 Å². The Hall–Kier alpha value is -0.390. The maximum atomic E-state index is 6.07. The summed E-state index contributed by atoms with van der Waals surface area (Å²) in [6.45, 7) is 0.861. The highest BCUT2D eigenvalue weighted by atomic mass is 79.9. The largest absolute Gasteiger partial charge is 0.497 e. The fourth-order valence-corrected chi connectivity index (χ4v) is 4.72. The number of ether oxygens (including phenoxy) is 2. The maximum absolute atomic E-state index is 6.07. The number of anilines is 1. The molecule has 110 valence electrons. The van der Waals surface area contributed by atoms with Crippen molar-refractivity contribution < 1.29 is 9.47 Å². The van der Waals surface area contributed by atoms with Crippen LogP contribution in [0.25, 0.3) is 0 Å². The van der Waals surface area contributed by atoms with Gasteiger partial charge in [-0.3, -0.25) is 0 Å². The first kappa shape index (κ1) is 14.5. The first-order valence-corrected chi connectivity index (χ1v) is 8.97. The van der Waals surface area contributed by atoms with Crippen LogP contribution >= 0.6 is 27.7 Å². The lowest BCUT2D eigenvalue weighted by Crippen LogP contribution is -2.44. The molecule has 1 aromatic rings. The van der Waals surface area contributed by atoms with Crippen molar-refractivity contribution in [2.24, 2.45) is 0 Å². The van der Waals surface area contributed by atoms with E-state index in [0.717, 1.165) is 41.1 Å². The summed E-state index contributed by atoms with van der Waals surface area (Å²) in [7, 11) is 1.70. The Morgan fingerprint density at radius 2 is 2.40 bits per heavy atom. The summed E-state index contributed by atoms with van der Waals surface area (Å²) in [5.41, 5.74) is 1.23. The van der Waals surface area contributed by atoms with Gasteiger partial charge in [-0.25, -0.2) is 0 Å². The first-order valence-electron chi connectivity index (χ1n) is 7.03. The predicted molar refractivity (Wildman–Crippen MR) is 88.0 cm³/mol. The minimum absolute atomic E-state index is 0.117. The van der Waals surface area contributed by atoms with Gasteiger partial charge in [0.25, 0.3) is 0 Å². The lowest BCUT2D eigenvalue weighted by Gasteiger charge is -2.38. The highest BCUT2D eigenvalue weighted by Crippen LogP contribution is 2.39. The summed E-state index contributed by atoms with van der Waals surface area (Å²) >= 11 is 5.62. The third-order valence-electron chi connectivity index (χ3n) is 4.09. The van der Waals surface area contributed by atoms with Crippen LogP contribution in [0.1, 0.15) is 19.3 Å². The van der Waals surface area contributed by atoms with Gasteiger partial charge in [0.05, 0.1) is 18.4 Å². The van der Waals surface area contributed by atoms with Crippen molar-refractivity contribution in [3.05, 3.63) is 22.7 Å². The molecular formula is C15H20BrNO2S. The maximum Gasteiger partial charge on any atom is 0.121 e. The van der Waals surface area contributed by atoms with E-state index >= 15 is 0 Å². The number of rotatable bonds is 3. The Labute approximate surface area is 132 Å². The van der Waals surface area contributed by atoms with E-state index < -0.39 is 0 Å². The van der Waals surface area contributed by atoms with E-state index in [9.17, 15) is 0 Å². The van der Waals surface area contributed by atoms with Gasteiger partial charge in [-0.05, 0) is 53.1 Å². The topological polar surface area (TPSA) is 30.5 Å². The molecule has 5 heteroatoms. The van der Waals surface area contributed by atoms with Gasteiger partial charge in [0.2, 0.25) is 0 Å². The summed E-state index contributed by atoms with van der Waals surface area (Å²) < 4.78 is 12.5. The minimum Gasteiger partial charge on any atom is -0.497 e. The molecular weight excluding hydrogens is 338 g/mol. The second-order valence-electron chi connectivity index (χ2n) is 5.51. The van der Waals surface area contributed by atoms with Crippen molar-refractivity contribution in [3.8, 4) is 5.75 Å². The van der Waals surface area contributed by atoms with Gasteiger partial charge in [0, 0.05) is 28.9 Å². The van der Waals surface area contributed by atoms with Crippen LogP contribution < -0.4 is 10.1 Å². The Balaban J connectivity index is 1.71. The van der Waals surface area contributed by atoms with Crippen LogP contribution in [0.4, 0.5) is 5.69 Å². The van der Waals surface area contributed by atoms with Crippen molar-refractivity contribution >= 4 is 33.4 Å². The molecule has 3 rings (SSSR count). The number of hydrogen-bond acceptors (Lipinski definition) is 4. The molecule has 20 heavy (non-hydrogen) atoms. The molecule has 2 aliphatic rings. The molecule has 0 saturated carbocycles. The molecule has 0 radical (unpaired) electrons. The molecule has 2 fully saturated rings. The van der Waals surface area contributed by atoms with E-state index in [0.29, 0.717) is 6.04 Å². The Morgan fingerprint density at radius 1 is 1.50 bits per heavy atom. The summed E-state index contributed by atoms with van der Waals surface area (Å²) in [5.74, 6) is 3.26. The molecule has 3 nitrogen and oxygen atoms in total. The number of halogens is 1. The average Bonchev–Trinajstić information content (AvgIpc) is 2.89. The number of thioether (sulfide) groups is 1. The molecule has 1 spiro atoms. The van der Waals surface area contributed by atoms with Crippen LogP contribution in [0, 0.1) is 0 Å². The molecule has 0 bridgehead atoms. The second kappa shape index (κ2) is 6.16. The van der Waals surface area contributed by atoms with E-state index in [1.165, 1.54) is 12.2 Å². The van der Waals surface area contributed by atoms with E-state index in [1.54, 1.807) is 7.11 Å². The third kappa shape index (κ3) is 3.10. The molecule has 0 aromatic heterocycles. The van der Waals surface area contributed by atoms with Crippen LogP contribution in [0.2, 0.25) is 0 Å². The van der Waals surface area contributed by atoms with Crippen LogP contribution in [0.3, 0.4) is 0 Å². The van der Waals surface area contributed by atoms with Crippen LogP contribution in [-0.2, 0) is 4.74 Å². The lowest BCUT2D eigenvalue weighted by atomic mass is 9.90. The van der Waals surface area contributed by atoms with E-state index in [-0.39, 0.29) is 5.60 Å². The van der Waals surface area contributed by atoms with Gasteiger partial charge in [-0.15, -0.1) is 0 Å². The van der Waals surface area contributed by atoms with Gasteiger partial charge in [0.15, 0.2) is 0 Å². The predicted octanol–water partition coefficient (Wildman–Crippen LogP) is 3.92. The van der Waals surface area contributed by atoms with Crippen molar-refractivity contribution in [1.29, 1.82) is 0 Å². The highest BCUT2D eigenvalue weighted by Gasteiger charge is 2.40. The SMILES string of the molecule is COc1ccc(Br)c(NC2CCOC3(CCSC3)C2)c1. The molecule has 0 amide bonds. The Bertz CT molecular complexity index is 477. The van der Waals surface area contributed by atoms with Gasteiger partial charge >= 0.3 is 0 Å². The Kier molecular flexibility index (Phi) is 4.48. The van der Waals surface area contributed by atoms with Crippen molar-refractivity contribution in [3.63, 3.8) is 0 Å². The average molecular weight is 358 g/mol. The smallest absolute Gasteiger partial charge is 0.121 e. The summed E-state index contributed by atoms with van der Waals surface area (Å²) in [6, 6.07) is 6.52. The zero-order valence-corrected chi connectivity index (χ0v) is 14.1. The molecule has 2 saturated heterocycles. The molecule has 2 aliphatic heterocycles. The normalized spacial score (nSPS) is 29.6. The molecule has 2 atom stereocenters.